The smallest absolute Gasteiger partial charge is 0.228 e. The minimum absolute atomic E-state index is 0.373. The van der Waals surface area contributed by atoms with E-state index in [1.165, 1.54) is 4.31 Å². The number of anilines is 1. The summed E-state index contributed by atoms with van der Waals surface area (Å²) in [6.45, 7) is 1.96. The van der Waals surface area contributed by atoms with Gasteiger partial charge in [0, 0.05) is 38.6 Å². The van der Waals surface area contributed by atoms with Crippen LogP contribution in [0.25, 0.3) is 0 Å². The van der Waals surface area contributed by atoms with Crippen LogP contribution in [0.3, 0.4) is 0 Å². The van der Waals surface area contributed by atoms with E-state index in [1.807, 2.05) is 4.90 Å². The summed E-state index contributed by atoms with van der Waals surface area (Å²) in [5.74, 6) is 0.612. The first-order valence-electron chi connectivity index (χ1n) is 5.29. The first kappa shape index (κ1) is 14.0. The second-order valence-electron chi connectivity index (χ2n) is 3.81. The predicted octanol–water partition coefficient (Wildman–Crippen LogP) is 0.887. The molecule has 6 nitrogen and oxygen atoms in total. The third-order valence-electron chi connectivity index (χ3n) is 2.66. The van der Waals surface area contributed by atoms with E-state index in [2.05, 4.69) is 25.9 Å². The molecule has 1 aliphatic rings. The zero-order valence-corrected chi connectivity index (χ0v) is 12.6. The number of rotatable bonds is 3. The van der Waals surface area contributed by atoms with Crippen molar-refractivity contribution in [2.45, 2.75) is 0 Å². The van der Waals surface area contributed by atoms with Crippen LogP contribution in [0.5, 0.6) is 0 Å². The normalized spacial score (nSPS) is 18.0. The first-order chi connectivity index (χ1) is 8.53. The van der Waals surface area contributed by atoms with Gasteiger partial charge in [0.05, 0.1) is 4.47 Å². The van der Waals surface area contributed by atoms with Gasteiger partial charge < -0.3 is 4.90 Å². The molecule has 0 N–H and O–H groups in total. The van der Waals surface area contributed by atoms with E-state index in [0.29, 0.717) is 32.1 Å². The summed E-state index contributed by atoms with van der Waals surface area (Å²) in [4.78, 5) is 10.3. The molecule has 0 unspecified atom stereocenters. The second kappa shape index (κ2) is 5.68. The summed E-state index contributed by atoms with van der Waals surface area (Å²) in [5, 5.41) is -0.373. The van der Waals surface area contributed by atoms with Crippen molar-refractivity contribution in [3.8, 4) is 0 Å². The lowest BCUT2D eigenvalue weighted by Gasteiger charge is -2.33. The summed E-state index contributed by atoms with van der Waals surface area (Å²) in [6, 6.07) is 0. The van der Waals surface area contributed by atoms with Crippen LogP contribution in [-0.4, -0.2) is 54.1 Å². The molecule has 1 aromatic rings. The van der Waals surface area contributed by atoms with Crippen LogP contribution in [0.15, 0.2) is 16.9 Å². The maximum absolute atomic E-state index is 11.6. The Kier molecular flexibility index (Phi) is 4.41. The lowest BCUT2D eigenvalue weighted by atomic mass is 10.4. The van der Waals surface area contributed by atoms with E-state index in [1.54, 1.807) is 12.4 Å². The molecule has 1 aliphatic heterocycles. The molecule has 1 fully saturated rings. The Hall–Kier alpha value is -0.440. The highest BCUT2D eigenvalue weighted by Crippen LogP contribution is 2.15. The van der Waals surface area contributed by atoms with Crippen molar-refractivity contribution in [2.24, 2.45) is 0 Å². The molecule has 0 radical (unpaired) electrons. The van der Waals surface area contributed by atoms with Crippen LogP contribution in [0.4, 0.5) is 5.95 Å². The highest BCUT2D eigenvalue weighted by Gasteiger charge is 2.26. The molecule has 0 aliphatic carbocycles. The summed E-state index contributed by atoms with van der Waals surface area (Å²) in [6.07, 6.45) is 3.34. The summed E-state index contributed by atoms with van der Waals surface area (Å²) >= 11 is 8.69. The van der Waals surface area contributed by atoms with Crippen molar-refractivity contribution < 1.29 is 8.42 Å². The standard InChI is InChI=1S/C9H12BrClN4O2S/c10-8-5-12-9(13-6-8)14-1-3-15(4-2-14)18(16,17)7-11/h5-6H,1-4,7H2. The molecule has 18 heavy (non-hydrogen) atoms. The van der Waals surface area contributed by atoms with Crippen molar-refractivity contribution in [3.05, 3.63) is 16.9 Å². The Morgan fingerprint density at radius 2 is 1.78 bits per heavy atom. The van der Waals surface area contributed by atoms with Crippen molar-refractivity contribution >= 4 is 43.5 Å². The van der Waals surface area contributed by atoms with Crippen molar-refractivity contribution in [1.82, 2.24) is 14.3 Å². The molecule has 0 aromatic carbocycles. The zero-order chi connectivity index (χ0) is 13.2. The lowest BCUT2D eigenvalue weighted by Crippen LogP contribution is -2.49. The summed E-state index contributed by atoms with van der Waals surface area (Å²) in [5.41, 5.74) is 0. The van der Waals surface area contributed by atoms with Crippen LogP contribution in [-0.2, 0) is 10.0 Å². The molecule has 0 amide bonds. The SMILES string of the molecule is O=S(=O)(CCl)N1CCN(c2ncc(Br)cn2)CC1. The van der Waals surface area contributed by atoms with Gasteiger partial charge in [-0.15, -0.1) is 11.6 Å². The number of hydrogen-bond acceptors (Lipinski definition) is 5. The number of hydrogen-bond donors (Lipinski definition) is 0. The molecule has 2 rings (SSSR count). The van der Waals surface area contributed by atoms with Gasteiger partial charge in [0.1, 0.15) is 5.21 Å². The van der Waals surface area contributed by atoms with Gasteiger partial charge in [-0.05, 0) is 15.9 Å². The van der Waals surface area contributed by atoms with Crippen LogP contribution < -0.4 is 4.90 Å². The Balaban J connectivity index is 2.01. The van der Waals surface area contributed by atoms with Gasteiger partial charge in [-0.3, -0.25) is 0 Å². The Morgan fingerprint density at radius 3 is 2.28 bits per heavy atom. The average molecular weight is 356 g/mol. The summed E-state index contributed by atoms with van der Waals surface area (Å²) in [7, 11) is -3.31. The van der Waals surface area contributed by atoms with Crippen molar-refractivity contribution in [1.29, 1.82) is 0 Å². The summed E-state index contributed by atoms with van der Waals surface area (Å²) < 4.78 is 25.4. The van der Waals surface area contributed by atoms with Crippen LogP contribution in [0.2, 0.25) is 0 Å². The fourth-order valence-corrected chi connectivity index (χ4v) is 3.18. The van der Waals surface area contributed by atoms with Crippen LogP contribution in [0.1, 0.15) is 0 Å². The van der Waals surface area contributed by atoms with E-state index in [4.69, 9.17) is 11.6 Å². The third-order valence-corrected chi connectivity index (χ3v) is 5.32. The zero-order valence-electron chi connectivity index (χ0n) is 9.46. The fourth-order valence-electron chi connectivity index (χ4n) is 1.70. The molecule has 9 heteroatoms. The van der Waals surface area contributed by atoms with Gasteiger partial charge >= 0.3 is 0 Å². The van der Waals surface area contributed by atoms with Gasteiger partial charge in [-0.1, -0.05) is 0 Å². The fraction of sp³-hybridized carbons (Fsp3) is 0.556. The Bertz CT molecular complexity index is 502. The van der Waals surface area contributed by atoms with E-state index < -0.39 is 10.0 Å². The molecular formula is C9H12BrClN4O2S. The minimum atomic E-state index is -3.31. The van der Waals surface area contributed by atoms with E-state index >= 15 is 0 Å². The number of aromatic nitrogens is 2. The number of sulfonamides is 1. The molecular weight excluding hydrogens is 344 g/mol. The quantitative estimate of drug-likeness (QED) is 0.753. The molecule has 0 bridgehead atoms. The van der Waals surface area contributed by atoms with Crippen LogP contribution in [0, 0.1) is 0 Å². The topological polar surface area (TPSA) is 66.4 Å². The Labute approximate surface area is 119 Å². The molecule has 0 spiro atoms. The van der Waals surface area contributed by atoms with Crippen LogP contribution >= 0.6 is 27.5 Å². The number of alkyl halides is 1. The lowest BCUT2D eigenvalue weighted by molar-refractivity contribution is 0.385. The largest absolute Gasteiger partial charge is 0.338 e. The molecule has 0 atom stereocenters. The van der Waals surface area contributed by atoms with Gasteiger partial charge in [0.25, 0.3) is 0 Å². The van der Waals surface area contributed by atoms with E-state index in [9.17, 15) is 8.42 Å². The monoisotopic (exact) mass is 354 g/mol. The van der Waals surface area contributed by atoms with Gasteiger partial charge in [0.2, 0.25) is 16.0 Å². The van der Waals surface area contributed by atoms with Crippen molar-refractivity contribution in [3.63, 3.8) is 0 Å². The van der Waals surface area contributed by atoms with E-state index in [0.717, 1.165) is 4.47 Å². The maximum Gasteiger partial charge on any atom is 0.228 e. The Morgan fingerprint density at radius 1 is 1.22 bits per heavy atom. The maximum atomic E-state index is 11.6. The van der Waals surface area contributed by atoms with Crippen molar-refractivity contribution in [2.75, 3.05) is 36.3 Å². The molecule has 100 valence electrons. The second-order valence-corrected chi connectivity index (χ2v) is 7.28. The number of nitrogens with zero attached hydrogens (tertiary/aromatic N) is 4. The molecule has 1 saturated heterocycles. The molecule has 1 aromatic heterocycles. The highest BCUT2D eigenvalue weighted by molar-refractivity contribution is 9.10. The third kappa shape index (κ3) is 3.11. The minimum Gasteiger partial charge on any atom is -0.338 e. The van der Waals surface area contributed by atoms with Gasteiger partial charge in [-0.25, -0.2) is 18.4 Å². The molecule has 2 heterocycles. The first-order valence-corrected chi connectivity index (χ1v) is 8.23. The highest BCUT2D eigenvalue weighted by atomic mass is 79.9. The van der Waals surface area contributed by atoms with Gasteiger partial charge in [0.15, 0.2) is 0 Å². The van der Waals surface area contributed by atoms with E-state index in [-0.39, 0.29) is 5.21 Å². The number of piperazine rings is 1. The molecule has 0 saturated carbocycles. The number of halogens is 2. The average Bonchev–Trinajstić information content (AvgIpc) is 2.40. The van der Waals surface area contributed by atoms with Gasteiger partial charge in [-0.2, -0.15) is 4.31 Å². The predicted molar refractivity (Wildman–Crippen MR) is 73.2 cm³/mol.